The lowest BCUT2D eigenvalue weighted by Gasteiger charge is -2.41. The molecule has 0 fully saturated rings. The average Bonchev–Trinajstić information content (AvgIpc) is 2.02. The molecule has 0 heterocycles. The number of hydrogen-bond acceptors (Lipinski definition) is 0. The summed E-state index contributed by atoms with van der Waals surface area (Å²) in [6, 6.07) is 0. The van der Waals surface area contributed by atoms with Crippen LogP contribution in [-0.4, -0.2) is 0 Å². The second-order valence-corrected chi connectivity index (χ2v) is 5.31. The molecular weight excluding hydrogens is 156 g/mol. The molecule has 0 amide bonds. The highest BCUT2D eigenvalue weighted by Gasteiger charge is 2.34. The SMILES string of the molecule is CC1=CC2=CCCC(C)(C)C2CC1. The van der Waals surface area contributed by atoms with E-state index in [1.807, 2.05) is 0 Å². The molecular formula is C13H20. The highest BCUT2D eigenvalue weighted by atomic mass is 14.4. The molecule has 0 aromatic carbocycles. The predicted octanol–water partition coefficient (Wildman–Crippen LogP) is 4.09. The van der Waals surface area contributed by atoms with Crippen molar-refractivity contribution in [3.05, 3.63) is 23.3 Å². The molecule has 2 rings (SSSR count). The maximum absolute atomic E-state index is 2.46. The maximum Gasteiger partial charge on any atom is -0.0111 e. The van der Waals surface area contributed by atoms with Crippen LogP contribution in [0.15, 0.2) is 23.3 Å². The van der Waals surface area contributed by atoms with Crippen LogP contribution in [0.4, 0.5) is 0 Å². The molecule has 2 aliphatic rings. The fraction of sp³-hybridized carbons (Fsp3) is 0.692. The van der Waals surface area contributed by atoms with Crippen molar-refractivity contribution in [2.45, 2.75) is 46.5 Å². The van der Waals surface area contributed by atoms with Gasteiger partial charge in [-0.05, 0) is 49.5 Å². The van der Waals surface area contributed by atoms with E-state index in [-0.39, 0.29) is 0 Å². The number of fused-ring (bicyclic) bond motifs is 1. The van der Waals surface area contributed by atoms with Crippen LogP contribution in [0.25, 0.3) is 0 Å². The molecule has 0 aromatic heterocycles. The van der Waals surface area contributed by atoms with Crippen LogP contribution in [0, 0.1) is 11.3 Å². The zero-order valence-corrected chi connectivity index (χ0v) is 9.06. The van der Waals surface area contributed by atoms with E-state index in [0.717, 1.165) is 5.92 Å². The van der Waals surface area contributed by atoms with Crippen LogP contribution in [0.3, 0.4) is 0 Å². The van der Waals surface area contributed by atoms with Gasteiger partial charge < -0.3 is 0 Å². The third-order valence-electron chi connectivity index (χ3n) is 3.75. The Kier molecular flexibility index (Phi) is 2.09. The van der Waals surface area contributed by atoms with Gasteiger partial charge in [0.1, 0.15) is 0 Å². The normalized spacial score (nSPS) is 31.8. The summed E-state index contributed by atoms with van der Waals surface area (Å²) in [6.07, 6.45) is 10.2. The Labute approximate surface area is 81.7 Å². The molecule has 0 saturated carbocycles. The van der Waals surface area contributed by atoms with E-state index < -0.39 is 0 Å². The summed E-state index contributed by atoms with van der Waals surface area (Å²) < 4.78 is 0. The van der Waals surface area contributed by atoms with Crippen LogP contribution < -0.4 is 0 Å². The Morgan fingerprint density at radius 1 is 1.38 bits per heavy atom. The molecule has 0 saturated heterocycles. The zero-order valence-electron chi connectivity index (χ0n) is 9.06. The Bertz CT molecular complexity index is 266. The fourth-order valence-corrected chi connectivity index (χ4v) is 2.82. The van der Waals surface area contributed by atoms with E-state index >= 15 is 0 Å². The summed E-state index contributed by atoms with van der Waals surface area (Å²) in [5.74, 6) is 0.838. The lowest BCUT2D eigenvalue weighted by Crippen LogP contribution is -2.29. The van der Waals surface area contributed by atoms with Crippen molar-refractivity contribution in [2.75, 3.05) is 0 Å². The van der Waals surface area contributed by atoms with Gasteiger partial charge in [0, 0.05) is 0 Å². The van der Waals surface area contributed by atoms with E-state index in [2.05, 4.69) is 32.9 Å². The van der Waals surface area contributed by atoms with Crippen molar-refractivity contribution in [1.29, 1.82) is 0 Å². The smallest absolute Gasteiger partial charge is 0.0111 e. The molecule has 0 aromatic rings. The molecule has 1 atom stereocenters. The first kappa shape index (κ1) is 9.05. The van der Waals surface area contributed by atoms with Gasteiger partial charge in [0.25, 0.3) is 0 Å². The van der Waals surface area contributed by atoms with Crippen molar-refractivity contribution >= 4 is 0 Å². The summed E-state index contributed by atoms with van der Waals surface area (Å²) in [7, 11) is 0. The molecule has 0 bridgehead atoms. The third kappa shape index (κ3) is 1.59. The minimum absolute atomic E-state index is 0.543. The summed E-state index contributed by atoms with van der Waals surface area (Å²) in [4.78, 5) is 0. The van der Waals surface area contributed by atoms with Crippen molar-refractivity contribution in [1.82, 2.24) is 0 Å². The predicted molar refractivity (Wildman–Crippen MR) is 57.6 cm³/mol. The Morgan fingerprint density at radius 2 is 2.15 bits per heavy atom. The summed E-state index contributed by atoms with van der Waals surface area (Å²) in [6.45, 7) is 7.12. The van der Waals surface area contributed by atoms with E-state index in [4.69, 9.17) is 0 Å². The lowest BCUT2D eigenvalue weighted by atomic mass is 9.64. The lowest BCUT2D eigenvalue weighted by molar-refractivity contribution is 0.204. The molecule has 0 N–H and O–H groups in total. The standard InChI is InChI=1S/C13H20/c1-10-6-7-12-11(9-10)5-4-8-13(12,2)3/h5,9,12H,4,6-8H2,1-3H3. The molecule has 0 radical (unpaired) electrons. The van der Waals surface area contributed by atoms with Gasteiger partial charge in [-0.15, -0.1) is 0 Å². The van der Waals surface area contributed by atoms with E-state index in [1.165, 1.54) is 25.7 Å². The van der Waals surface area contributed by atoms with Gasteiger partial charge in [-0.1, -0.05) is 31.6 Å². The van der Waals surface area contributed by atoms with Crippen LogP contribution in [0.1, 0.15) is 46.5 Å². The monoisotopic (exact) mass is 176 g/mol. The van der Waals surface area contributed by atoms with Gasteiger partial charge in [-0.2, -0.15) is 0 Å². The van der Waals surface area contributed by atoms with Gasteiger partial charge in [0.15, 0.2) is 0 Å². The van der Waals surface area contributed by atoms with Gasteiger partial charge in [-0.3, -0.25) is 0 Å². The minimum Gasteiger partial charge on any atom is -0.0810 e. The van der Waals surface area contributed by atoms with Crippen molar-refractivity contribution in [3.63, 3.8) is 0 Å². The topological polar surface area (TPSA) is 0 Å². The molecule has 0 nitrogen and oxygen atoms in total. The Balaban J connectivity index is 2.32. The van der Waals surface area contributed by atoms with Crippen molar-refractivity contribution in [2.24, 2.45) is 11.3 Å². The molecule has 0 heteroatoms. The first-order valence-corrected chi connectivity index (χ1v) is 5.47. The fourth-order valence-electron chi connectivity index (χ4n) is 2.82. The molecule has 13 heavy (non-hydrogen) atoms. The molecule has 2 aliphatic carbocycles. The second-order valence-electron chi connectivity index (χ2n) is 5.31. The highest BCUT2D eigenvalue weighted by Crippen LogP contribution is 2.46. The van der Waals surface area contributed by atoms with Crippen molar-refractivity contribution in [3.8, 4) is 0 Å². The number of rotatable bonds is 0. The quantitative estimate of drug-likeness (QED) is 0.521. The zero-order chi connectivity index (χ0) is 9.47. The Morgan fingerprint density at radius 3 is 2.92 bits per heavy atom. The summed E-state index contributed by atoms with van der Waals surface area (Å²) in [5, 5.41) is 0. The van der Waals surface area contributed by atoms with E-state index in [0.29, 0.717) is 5.41 Å². The number of hydrogen-bond donors (Lipinski definition) is 0. The Hall–Kier alpha value is -0.520. The first-order valence-electron chi connectivity index (χ1n) is 5.47. The maximum atomic E-state index is 2.46. The third-order valence-corrected chi connectivity index (χ3v) is 3.75. The minimum atomic E-state index is 0.543. The second kappa shape index (κ2) is 3.01. The van der Waals surface area contributed by atoms with Gasteiger partial charge >= 0.3 is 0 Å². The molecule has 0 spiro atoms. The average molecular weight is 176 g/mol. The first-order chi connectivity index (χ1) is 6.09. The van der Waals surface area contributed by atoms with E-state index in [9.17, 15) is 0 Å². The van der Waals surface area contributed by atoms with Crippen LogP contribution >= 0.6 is 0 Å². The van der Waals surface area contributed by atoms with E-state index in [1.54, 1.807) is 11.1 Å². The van der Waals surface area contributed by atoms with Gasteiger partial charge in [0.05, 0.1) is 0 Å². The summed E-state index contributed by atoms with van der Waals surface area (Å²) in [5.41, 5.74) is 3.74. The van der Waals surface area contributed by atoms with Gasteiger partial charge in [0.2, 0.25) is 0 Å². The summed E-state index contributed by atoms with van der Waals surface area (Å²) >= 11 is 0. The molecule has 72 valence electrons. The van der Waals surface area contributed by atoms with Crippen LogP contribution in [0.5, 0.6) is 0 Å². The largest absolute Gasteiger partial charge is 0.0810 e. The van der Waals surface area contributed by atoms with Crippen LogP contribution in [0.2, 0.25) is 0 Å². The number of allylic oxidation sites excluding steroid dienone is 4. The highest BCUT2D eigenvalue weighted by molar-refractivity contribution is 5.32. The van der Waals surface area contributed by atoms with Crippen LogP contribution in [-0.2, 0) is 0 Å². The van der Waals surface area contributed by atoms with Gasteiger partial charge in [-0.25, -0.2) is 0 Å². The van der Waals surface area contributed by atoms with Crippen molar-refractivity contribution < 1.29 is 0 Å². The molecule has 0 aliphatic heterocycles. The molecule has 1 unspecified atom stereocenters.